The minimum absolute atomic E-state index is 0.0902. The molecule has 1 unspecified atom stereocenters. The molecule has 1 fully saturated rings. The third-order valence-electron chi connectivity index (χ3n) is 4.31. The number of carbonyl (C=O) groups excluding carboxylic acids is 1. The van der Waals surface area contributed by atoms with Gasteiger partial charge >= 0.3 is 0 Å². The molecule has 1 aromatic carbocycles. The molecule has 1 N–H and O–H groups in total. The molecule has 2 rings (SSSR count). The number of nitrogens with one attached hydrogen (secondary N) is 1. The molecule has 3 heteroatoms. The Morgan fingerprint density at radius 1 is 1.20 bits per heavy atom. The van der Waals surface area contributed by atoms with E-state index in [1.54, 1.807) is 6.92 Å². The van der Waals surface area contributed by atoms with Gasteiger partial charge in [0.2, 0.25) is 5.91 Å². The molecular weight excluding hydrogens is 248 g/mol. The minimum Gasteiger partial charge on any atom is -0.353 e. The van der Waals surface area contributed by atoms with Gasteiger partial charge in [0.05, 0.1) is 0 Å². The lowest BCUT2D eigenvalue weighted by atomic mass is 9.77. The molecule has 3 nitrogen and oxygen atoms in total. The van der Waals surface area contributed by atoms with Crippen molar-refractivity contribution in [1.29, 1.82) is 0 Å². The van der Waals surface area contributed by atoms with Crippen LogP contribution in [0.15, 0.2) is 30.3 Å². The van der Waals surface area contributed by atoms with Crippen LogP contribution in [-0.4, -0.2) is 30.9 Å². The maximum absolute atomic E-state index is 11.5. The van der Waals surface area contributed by atoms with Crippen molar-refractivity contribution in [2.24, 2.45) is 5.92 Å². The summed E-state index contributed by atoms with van der Waals surface area (Å²) in [6, 6.07) is 11.3. The fourth-order valence-electron chi connectivity index (χ4n) is 3.56. The Balaban J connectivity index is 2.24. The van der Waals surface area contributed by atoms with E-state index < -0.39 is 0 Å². The molecule has 3 atom stereocenters. The molecule has 0 bridgehead atoms. The highest BCUT2D eigenvalue weighted by molar-refractivity contribution is 5.73. The molecule has 0 aliphatic heterocycles. The van der Waals surface area contributed by atoms with Crippen LogP contribution in [0.3, 0.4) is 0 Å². The molecule has 0 radical (unpaired) electrons. The van der Waals surface area contributed by atoms with E-state index in [0.29, 0.717) is 18.0 Å². The Labute approximate surface area is 122 Å². The first-order valence-electron chi connectivity index (χ1n) is 7.58. The third kappa shape index (κ3) is 3.60. The van der Waals surface area contributed by atoms with Crippen LogP contribution in [-0.2, 0) is 4.79 Å². The predicted molar refractivity (Wildman–Crippen MR) is 82.4 cm³/mol. The highest BCUT2D eigenvalue weighted by Crippen LogP contribution is 2.37. The molecule has 110 valence electrons. The number of carbonyl (C=O) groups is 1. The fourth-order valence-corrected chi connectivity index (χ4v) is 3.56. The van der Waals surface area contributed by atoms with E-state index in [4.69, 9.17) is 0 Å². The van der Waals surface area contributed by atoms with Gasteiger partial charge in [-0.15, -0.1) is 0 Å². The van der Waals surface area contributed by atoms with Crippen molar-refractivity contribution in [3.05, 3.63) is 35.9 Å². The zero-order valence-corrected chi connectivity index (χ0v) is 12.8. The van der Waals surface area contributed by atoms with E-state index in [1.165, 1.54) is 24.8 Å². The normalized spacial score (nSPS) is 24.4. The summed E-state index contributed by atoms with van der Waals surface area (Å²) in [7, 11) is 4.27. The largest absolute Gasteiger partial charge is 0.353 e. The van der Waals surface area contributed by atoms with Gasteiger partial charge in [-0.2, -0.15) is 0 Å². The lowest BCUT2D eigenvalue weighted by Gasteiger charge is -2.40. The number of hydrogen-bond donors (Lipinski definition) is 1. The molecule has 1 aliphatic rings. The van der Waals surface area contributed by atoms with E-state index in [-0.39, 0.29) is 5.91 Å². The predicted octanol–water partition coefficient (Wildman–Crippen LogP) is 2.98. The Kier molecular flexibility index (Phi) is 5.18. The van der Waals surface area contributed by atoms with Crippen molar-refractivity contribution >= 4 is 5.91 Å². The second kappa shape index (κ2) is 6.89. The number of nitrogens with zero attached hydrogens (tertiary/aromatic N) is 1. The summed E-state index contributed by atoms with van der Waals surface area (Å²) in [5.41, 5.74) is 1.35. The van der Waals surface area contributed by atoms with Crippen LogP contribution in [0.4, 0.5) is 0 Å². The van der Waals surface area contributed by atoms with Crippen LogP contribution in [0.5, 0.6) is 0 Å². The fraction of sp³-hybridized carbons (Fsp3) is 0.588. The van der Waals surface area contributed by atoms with Crippen LogP contribution in [0.25, 0.3) is 0 Å². The first-order chi connectivity index (χ1) is 9.59. The van der Waals surface area contributed by atoms with E-state index in [0.717, 1.165) is 6.42 Å². The van der Waals surface area contributed by atoms with Gasteiger partial charge in [0.25, 0.3) is 0 Å². The summed E-state index contributed by atoms with van der Waals surface area (Å²) < 4.78 is 0. The Morgan fingerprint density at radius 3 is 2.45 bits per heavy atom. The summed E-state index contributed by atoms with van der Waals surface area (Å²) in [4.78, 5) is 13.8. The van der Waals surface area contributed by atoms with Gasteiger partial charge in [-0.25, -0.2) is 0 Å². The van der Waals surface area contributed by atoms with Gasteiger partial charge in [0.15, 0.2) is 0 Å². The van der Waals surface area contributed by atoms with Crippen molar-refractivity contribution < 1.29 is 4.79 Å². The van der Waals surface area contributed by atoms with Gasteiger partial charge < -0.3 is 10.2 Å². The van der Waals surface area contributed by atoms with Crippen LogP contribution < -0.4 is 5.32 Å². The smallest absolute Gasteiger partial charge is 0.217 e. The maximum atomic E-state index is 11.5. The first kappa shape index (κ1) is 15.0. The monoisotopic (exact) mass is 274 g/mol. The van der Waals surface area contributed by atoms with Crippen LogP contribution in [0.2, 0.25) is 0 Å². The van der Waals surface area contributed by atoms with Crippen LogP contribution in [0.1, 0.15) is 44.2 Å². The van der Waals surface area contributed by atoms with E-state index in [1.807, 2.05) is 0 Å². The second-order valence-electron chi connectivity index (χ2n) is 6.07. The van der Waals surface area contributed by atoms with Crippen molar-refractivity contribution in [3.63, 3.8) is 0 Å². The molecule has 1 aromatic rings. The van der Waals surface area contributed by atoms with Gasteiger partial charge in [-0.3, -0.25) is 4.79 Å². The summed E-state index contributed by atoms with van der Waals surface area (Å²) in [6.07, 6.45) is 4.76. The van der Waals surface area contributed by atoms with Gasteiger partial charge in [0.1, 0.15) is 0 Å². The van der Waals surface area contributed by atoms with Gasteiger partial charge in [-0.1, -0.05) is 43.2 Å². The lowest BCUT2D eigenvalue weighted by Crippen LogP contribution is -2.46. The zero-order valence-electron chi connectivity index (χ0n) is 12.8. The maximum Gasteiger partial charge on any atom is 0.217 e. The van der Waals surface area contributed by atoms with Crippen LogP contribution in [0, 0.1) is 5.92 Å². The van der Waals surface area contributed by atoms with E-state index in [9.17, 15) is 4.79 Å². The highest BCUT2D eigenvalue weighted by Gasteiger charge is 2.34. The number of rotatable bonds is 4. The molecule has 1 aliphatic carbocycles. The Bertz CT molecular complexity index is 430. The van der Waals surface area contributed by atoms with Gasteiger partial charge in [0, 0.05) is 19.0 Å². The second-order valence-corrected chi connectivity index (χ2v) is 6.07. The highest BCUT2D eigenvalue weighted by atomic mass is 16.1. The zero-order chi connectivity index (χ0) is 14.5. The quantitative estimate of drug-likeness (QED) is 0.915. The standard InChI is InChI=1S/C17H26N2O/c1-13(20)18-16-12-8-7-11-15(16)17(19(2)3)14-9-5-4-6-10-14/h4-6,9-10,15-17H,7-8,11-12H2,1-3H3,(H,18,20)/t15-,16+,17?/m0/s1. The van der Waals surface area contributed by atoms with E-state index >= 15 is 0 Å². The SMILES string of the molecule is CC(=O)N[C@@H]1CCCC[C@@H]1C(c1ccccc1)N(C)C. The first-order valence-corrected chi connectivity index (χ1v) is 7.58. The molecule has 0 heterocycles. The minimum atomic E-state index is 0.0902. The van der Waals surface area contributed by atoms with Crippen molar-refractivity contribution in [1.82, 2.24) is 10.2 Å². The number of amides is 1. The molecule has 0 spiro atoms. The number of hydrogen-bond acceptors (Lipinski definition) is 2. The summed E-state index contributed by atoms with van der Waals surface area (Å²) in [5.74, 6) is 0.581. The Hall–Kier alpha value is -1.35. The molecule has 0 saturated heterocycles. The molecule has 20 heavy (non-hydrogen) atoms. The summed E-state index contributed by atoms with van der Waals surface area (Å²) in [6.45, 7) is 1.62. The molecule has 0 aromatic heterocycles. The molecule has 1 saturated carbocycles. The van der Waals surface area contributed by atoms with Crippen molar-refractivity contribution in [2.75, 3.05) is 14.1 Å². The topological polar surface area (TPSA) is 32.3 Å². The molecular formula is C17H26N2O. The van der Waals surface area contributed by atoms with Crippen LogP contribution >= 0.6 is 0 Å². The van der Waals surface area contributed by atoms with E-state index in [2.05, 4.69) is 54.6 Å². The average Bonchev–Trinajstić information content (AvgIpc) is 2.41. The van der Waals surface area contributed by atoms with Gasteiger partial charge in [-0.05, 0) is 38.4 Å². The summed E-state index contributed by atoms with van der Waals surface area (Å²) in [5, 5.41) is 3.17. The Morgan fingerprint density at radius 2 is 1.85 bits per heavy atom. The van der Waals surface area contributed by atoms with Crippen molar-refractivity contribution in [2.45, 2.75) is 44.7 Å². The number of benzene rings is 1. The molecule has 1 amide bonds. The lowest BCUT2D eigenvalue weighted by molar-refractivity contribution is -0.120. The summed E-state index contributed by atoms with van der Waals surface area (Å²) >= 11 is 0. The van der Waals surface area contributed by atoms with Crippen molar-refractivity contribution in [3.8, 4) is 0 Å². The average molecular weight is 274 g/mol. The third-order valence-corrected chi connectivity index (χ3v) is 4.31.